The van der Waals surface area contributed by atoms with E-state index in [2.05, 4.69) is 0 Å². The normalized spacial score (nSPS) is 16.2. The Morgan fingerprint density at radius 3 is 1.62 bits per heavy atom. The van der Waals surface area contributed by atoms with Crippen LogP contribution in [0.15, 0.2) is 0 Å². The van der Waals surface area contributed by atoms with Crippen molar-refractivity contribution in [3.63, 3.8) is 0 Å². The van der Waals surface area contributed by atoms with Crippen LogP contribution < -0.4 is 5.73 Å². The standard InChI is InChI=1S/C4H7NO7S/c5-1(3(6)7)2(4(8)9)13(10,11)12/h1-2H,5H2,(H,6,7)(H,8,9)(H,10,11,12)/t1-,2+/m1/s1. The molecule has 0 aliphatic rings. The van der Waals surface area contributed by atoms with E-state index in [1.807, 2.05) is 0 Å². The van der Waals surface area contributed by atoms with Gasteiger partial charge in [0.15, 0.2) is 0 Å². The molecule has 0 aromatic rings. The molecule has 0 rings (SSSR count). The number of nitrogens with two attached hydrogens (primary N) is 1. The Balaban J connectivity index is 5.07. The summed E-state index contributed by atoms with van der Waals surface area (Å²) in [6.07, 6.45) is 0. The third kappa shape index (κ3) is 2.97. The average Bonchev–Trinajstić information content (AvgIpc) is 1.82. The molecule has 0 fully saturated rings. The predicted octanol–water partition coefficient (Wildman–Crippen LogP) is -2.26. The molecule has 2 atom stereocenters. The number of aliphatic carboxylic acids is 2. The minimum Gasteiger partial charge on any atom is -0.480 e. The van der Waals surface area contributed by atoms with Crippen molar-refractivity contribution in [3.05, 3.63) is 0 Å². The summed E-state index contributed by atoms with van der Waals surface area (Å²) in [5.41, 5.74) is 4.73. The van der Waals surface area contributed by atoms with Gasteiger partial charge in [-0.1, -0.05) is 0 Å². The summed E-state index contributed by atoms with van der Waals surface area (Å²) in [5.74, 6) is -3.84. The van der Waals surface area contributed by atoms with Crippen molar-refractivity contribution >= 4 is 22.1 Å². The summed E-state index contributed by atoms with van der Waals surface area (Å²) >= 11 is 0. The Morgan fingerprint density at radius 1 is 1.15 bits per heavy atom. The lowest BCUT2D eigenvalue weighted by atomic mass is 10.2. The molecule has 0 saturated carbocycles. The van der Waals surface area contributed by atoms with Gasteiger partial charge in [-0.3, -0.25) is 14.1 Å². The maximum atomic E-state index is 10.4. The van der Waals surface area contributed by atoms with Crippen LogP contribution in [0, 0.1) is 0 Å². The molecule has 0 aromatic heterocycles. The van der Waals surface area contributed by atoms with Crippen molar-refractivity contribution in [2.75, 3.05) is 0 Å². The Morgan fingerprint density at radius 2 is 1.54 bits per heavy atom. The summed E-state index contributed by atoms with van der Waals surface area (Å²) in [6, 6.07) is -2.20. The minimum atomic E-state index is -5.01. The van der Waals surface area contributed by atoms with E-state index >= 15 is 0 Å². The van der Waals surface area contributed by atoms with Crippen LogP contribution in [0.25, 0.3) is 0 Å². The third-order valence-corrected chi connectivity index (χ3v) is 2.31. The van der Waals surface area contributed by atoms with Gasteiger partial charge in [-0.25, -0.2) is 0 Å². The Hall–Kier alpha value is -1.19. The molecule has 0 aliphatic heterocycles. The molecule has 0 aromatic carbocycles. The highest BCUT2D eigenvalue weighted by atomic mass is 32.2. The monoisotopic (exact) mass is 213 g/mol. The molecule has 5 N–H and O–H groups in total. The first-order valence-electron chi connectivity index (χ1n) is 2.85. The lowest BCUT2D eigenvalue weighted by molar-refractivity contribution is -0.144. The van der Waals surface area contributed by atoms with E-state index in [0.29, 0.717) is 0 Å². The number of hydrogen-bond acceptors (Lipinski definition) is 5. The van der Waals surface area contributed by atoms with Gasteiger partial charge < -0.3 is 15.9 Å². The van der Waals surface area contributed by atoms with E-state index < -0.39 is 33.3 Å². The Bertz CT molecular complexity index is 319. The molecular formula is C4H7NO7S. The van der Waals surface area contributed by atoms with E-state index in [-0.39, 0.29) is 0 Å². The molecule has 0 spiro atoms. The van der Waals surface area contributed by atoms with Crippen LogP contribution in [0.5, 0.6) is 0 Å². The van der Waals surface area contributed by atoms with E-state index in [4.69, 9.17) is 20.5 Å². The van der Waals surface area contributed by atoms with Gasteiger partial charge in [0.1, 0.15) is 6.04 Å². The van der Waals surface area contributed by atoms with Crippen LogP contribution in [0.2, 0.25) is 0 Å². The highest BCUT2D eigenvalue weighted by Gasteiger charge is 2.40. The molecule has 76 valence electrons. The lowest BCUT2D eigenvalue weighted by Gasteiger charge is -2.12. The first kappa shape index (κ1) is 11.8. The zero-order valence-electron chi connectivity index (χ0n) is 6.11. The van der Waals surface area contributed by atoms with Gasteiger partial charge in [-0.2, -0.15) is 8.42 Å². The second-order valence-corrected chi connectivity index (χ2v) is 3.68. The zero-order valence-corrected chi connectivity index (χ0v) is 6.93. The van der Waals surface area contributed by atoms with Crippen molar-refractivity contribution < 1.29 is 32.8 Å². The number of carboxylic acid groups (broad SMARTS) is 2. The van der Waals surface area contributed by atoms with E-state index in [1.54, 1.807) is 0 Å². The smallest absolute Gasteiger partial charge is 0.326 e. The maximum Gasteiger partial charge on any atom is 0.326 e. The maximum absolute atomic E-state index is 10.4. The molecule has 13 heavy (non-hydrogen) atoms. The summed E-state index contributed by atoms with van der Waals surface area (Å²) in [6.45, 7) is 0. The number of rotatable bonds is 4. The molecule has 0 saturated heterocycles. The summed E-state index contributed by atoms with van der Waals surface area (Å²) < 4.78 is 29.0. The SMILES string of the molecule is N[C@@H](C(=O)O)[C@@H](C(=O)O)S(=O)(=O)O. The van der Waals surface area contributed by atoms with Gasteiger partial charge in [0.2, 0.25) is 5.25 Å². The van der Waals surface area contributed by atoms with Crippen molar-refractivity contribution in [1.82, 2.24) is 0 Å². The van der Waals surface area contributed by atoms with Gasteiger partial charge >= 0.3 is 11.9 Å². The van der Waals surface area contributed by atoms with Gasteiger partial charge in [0.05, 0.1) is 0 Å². The fourth-order valence-electron chi connectivity index (χ4n) is 0.596. The van der Waals surface area contributed by atoms with E-state index in [0.717, 1.165) is 0 Å². The lowest BCUT2D eigenvalue weighted by Crippen LogP contribution is -2.50. The van der Waals surface area contributed by atoms with Crippen molar-refractivity contribution in [2.45, 2.75) is 11.3 Å². The Labute approximate surface area is 72.7 Å². The largest absolute Gasteiger partial charge is 0.480 e. The number of carboxylic acids is 2. The molecule has 0 unspecified atom stereocenters. The van der Waals surface area contributed by atoms with Gasteiger partial charge in [-0.15, -0.1) is 0 Å². The Kier molecular flexibility index (Phi) is 3.34. The predicted molar refractivity (Wildman–Crippen MR) is 38.6 cm³/mol. The van der Waals surface area contributed by atoms with Crippen molar-refractivity contribution in [1.29, 1.82) is 0 Å². The second kappa shape index (κ2) is 3.68. The molecule has 9 heteroatoms. The molecule has 0 radical (unpaired) electrons. The van der Waals surface area contributed by atoms with Crippen molar-refractivity contribution in [2.24, 2.45) is 5.73 Å². The number of hydrogen-bond donors (Lipinski definition) is 4. The van der Waals surface area contributed by atoms with Crippen LogP contribution >= 0.6 is 0 Å². The number of carbonyl (C=O) groups is 2. The van der Waals surface area contributed by atoms with Gasteiger partial charge in [0.25, 0.3) is 10.1 Å². The molecular weight excluding hydrogens is 206 g/mol. The quantitative estimate of drug-likeness (QED) is 0.381. The van der Waals surface area contributed by atoms with Crippen LogP contribution in [-0.4, -0.2) is 46.4 Å². The van der Waals surface area contributed by atoms with Crippen LogP contribution in [0.1, 0.15) is 0 Å². The molecule has 0 heterocycles. The highest BCUT2D eigenvalue weighted by Crippen LogP contribution is 2.03. The topological polar surface area (TPSA) is 155 Å². The van der Waals surface area contributed by atoms with E-state index in [9.17, 15) is 18.0 Å². The highest BCUT2D eigenvalue weighted by molar-refractivity contribution is 7.87. The van der Waals surface area contributed by atoms with Crippen LogP contribution in [-0.2, 0) is 19.7 Å². The summed E-state index contributed by atoms with van der Waals surface area (Å²) in [4.78, 5) is 20.3. The zero-order chi connectivity index (χ0) is 10.8. The summed E-state index contributed by atoms with van der Waals surface area (Å²) in [7, 11) is -5.01. The van der Waals surface area contributed by atoms with Gasteiger partial charge in [-0.05, 0) is 0 Å². The first-order valence-corrected chi connectivity index (χ1v) is 4.35. The van der Waals surface area contributed by atoms with Crippen molar-refractivity contribution in [3.8, 4) is 0 Å². The third-order valence-electron chi connectivity index (χ3n) is 1.18. The van der Waals surface area contributed by atoms with Crippen LogP contribution in [0.4, 0.5) is 0 Å². The van der Waals surface area contributed by atoms with Crippen LogP contribution in [0.3, 0.4) is 0 Å². The fraction of sp³-hybridized carbons (Fsp3) is 0.500. The second-order valence-electron chi connectivity index (χ2n) is 2.14. The minimum absolute atomic E-state index is 1.83. The molecule has 0 bridgehead atoms. The summed E-state index contributed by atoms with van der Waals surface area (Å²) in [5, 5.41) is 13.9. The molecule has 8 nitrogen and oxygen atoms in total. The molecule has 0 amide bonds. The fourth-order valence-corrected chi connectivity index (χ4v) is 1.34. The first-order chi connectivity index (χ1) is 5.68. The van der Waals surface area contributed by atoms with Gasteiger partial charge in [0, 0.05) is 0 Å². The average molecular weight is 213 g/mol. The van der Waals surface area contributed by atoms with E-state index in [1.165, 1.54) is 0 Å². The molecule has 0 aliphatic carbocycles.